The van der Waals surface area contributed by atoms with Gasteiger partial charge in [0.2, 0.25) is 0 Å². The van der Waals surface area contributed by atoms with Gasteiger partial charge in [-0.1, -0.05) is 6.07 Å². The molecule has 0 spiro atoms. The maximum atomic E-state index is 11.8. The lowest BCUT2D eigenvalue weighted by Gasteiger charge is -2.04. The monoisotopic (exact) mass is 229 g/mol. The lowest BCUT2D eigenvalue weighted by Crippen LogP contribution is -2.14. The average Bonchev–Trinajstić information content (AvgIpc) is 2.40. The number of nitrogens with zero attached hydrogens (tertiary/aromatic N) is 3. The van der Waals surface area contributed by atoms with E-state index < -0.39 is 0 Å². The molecule has 0 saturated carbocycles. The van der Waals surface area contributed by atoms with Crippen LogP contribution < -0.4 is 10.6 Å². The minimum Gasteiger partial charge on any atom is -0.373 e. The molecule has 0 unspecified atom stereocenters. The molecule has 0 aliphatic carbocycles. The maximum absolute atomic E-state index is 11.8. The Hall–Kier alpha value is -2.50. The molecule has 2 aromatic heterocycles. The molecule has 2 heterocycles. The number of carbonyl (C=O) groups excluding carboxylic acids is 1. The van der Waals surface area contributed by atoms with Crippen LogP contribution in [-0.4, -0.2) is 27.9 Å². The number of hydrogen-bond acceptors (Lipinski definition) is 5. The van der Waals surface area contributed by atoms with Gasteiger partial charge >= 0.3 is 0 Å². The van der Waals surface area contributed by atoms with Crippen molar-refractivity contribution in [3.05, 3.63) is 42.6 Å². The topological polar surface area (TPSA) is 79.8 Å². The van der Waals surface area contributed by atoms with Crippen molar-refractivity contribution in [1.29, 1.82) is 0 Å². The number of nitrogens with one attached hydrogen (secondary N) is 2. The summed E-state index contributed by atoms with van der Waals surface area (Å²) in [5.74, 6) is 0.346. The van der Waals surface area contributed by atoms with Gasteiger partial charge in [0.25, 0.3) is 5.91 Å². The Morgan fingerprint density at radius 3 is 2.71 bits per heavy atom. The predicted octanol–water partition coefficient (Wildman–Crippen LogP) is 1.17. The first-order valence-electron chi connectivity index (χ1n) is 5.01. The summed E-state index contributed by atoms with van der Waals surface area (Å²) in [6, 6.07) is 5.18. The minimum absolute atomic E-state index is 0.295. The summed E-state index contributed by atoms with van der Waals surface area (Å²) in [6.07, 6.45) is 4.44. The quantitative estimate of drug-likeness (QED) is 0.825. The van der Waals surface area contributed by atoms with E-state index in [1.165, 1.54) is 18.7 Å². The Kier molecular flexibility index (Phi) is 3.25. The van der Waals surface area contributed by atoms with Gasteiger partial charge in [0.05, 0.1) is 18.1 Å². The molecule has 6 heteroatoms. The third kappa shape index (κ3) is 2.75. The largest absolute Gasteiger partial charge is 0.373 e. The van der Waals surface area contributed by atoms with E-state index in [9.17, 15) is 4.79 Å². The van der Waals surface area contributed by atoms with Gasteiger partial charge in [-0.15, -0.1) is 0 Å². The van der Waals surface area contributed by atoms with Crippen LogP contribution in [0.4, 0.5) is 11.5 Å². The highest BCUT2D eigenvalue weighted by Crippen LogP contribution is 2.07. The lowest BCUT2D eigenvalue weighted by molar-refractivity contribution is 0.102. The van der Waals surface area contributed by atoms with Gasteiger partial charge in [-0.2, -0.15) is 0 Å². The van der Waals surface area contributed by atoms with Gasteiger partial charge in [-0.05, 0) is 12.1 Å². The molecule has 2 rings (SSSR count). The number of rotatable bonds is 3. The van der Waals surface area contributed by atoms with E-state index in [-0.39, 0.29) is 5.91 Å². The van der Waals surface area contributed by atoms with Crippen molar-refractivity contribution in [1.82, 2.24) is 15.0 Å². The Labute approximate surface area is 98.1 Å². The van der Waals surface area contributed by atoms with Crippen LogP contribution in [0.2, 0.25) is 0 Å². The minimum atomic E-state index is -0.295. The van der Waals surface area contributed by atoms with Crippen molar-refractivity contribution in [2.24, 2.45) is 0 Å². The van der Waals surface area contributed by atoms with Crippen LogP contribution in [0.25, 0.3) is 0 Å². The molecular weight excluding hydrogens is 218 g/mol. The SMILES string of the molecule is CNc1cccc(C(=O)Nc2cncnc2)n1. The molecule has 0 fully saturated rings. The molecule has 0 radical (unpaired) electrons. The first-order valence-corrected chi connectivity index (χ1v) is 5.01. The molecule has 0 aliphatic heterocycles. The summed E-state index contributed by atoms with van der Waals surface area (Å²) in [5.41, 5.74) is 0.870. The zero-order valence-electron chi connectivity index (χ0n) is 9.21. The fourth-order valence-corrected chi connectivity index (χ4v) is 1.26. The molecule has 2 N–H and O–H groups in total. The molecule has 0 saturated heterocycles. The van der Waals surface area contributed by atoms with Crippen molar-refractivity contribution < 1.29 is 4.79 Å². The Morgan fingerprint density at radius 2 is 2.00 bits per heavy atom. The molecule has 86 valence electrons. The lowest BCUT2D eigenvalue weighted by atomic mass is 10.3. The number of carbonyl (C=O) groups is 1. The van der Waals surface area contributed by atoms with Crippen molar-refractivity contribution in [2.45, 2.75) is 0 Å². The molecule has 2 aromatic rings. The summed E-state index contributed by atoms with van der Waals surface area (Å²) in [7, 11) is 1.75. The van der Waals surface area contributed by atoms with Gasteiger partial charge < -0.3 is 10.6 Å². The van der Waals surface area contributed by atoms with E-state index in [0.717, 1.165) is 0 Å². The van der Waals surface area contributed by atoms with Crippen LogP contribution in [0.5, 0.6) is 0 Å². The third-order valence-corrected chi connectivity index (χ3v) is 2.06. The molecule has 6 nitrogen and oxygen atoms in total. The van der Waals surface area contributed by atoms with Gasteiger partial charge in [-0.25, -0.2) is 15.0 Å². The second-order valence-electron chi connectivity index (χ2n) is 3.24. The van der Waals surface area contributed by atoms with E-state index in [4.69, 9.17) is 0 Å². The number of amides is 1. The molecule has 0 aromatic carbocycles. The highest BCUT2D eigenvalue weighted by atomic mass is 16.1. The highest BCUT2D eigenvalue weighted by Gasteiger charge is 2.08. The number of hydrogen-bond donors (Lipinski definition) is 2. The Morgan fingerprint density at radius 1 is 1.24 bits per heavy atom. The Balaban J connectivity index is 2.14. The van der Waals surface area contributed by atoms with E-state index in [2.05, 4.69) is 25.6 Å². The molecule has 1 amide bonds. The molecular formula is C11H11N5O. The fraction of sp³-hybridized carbons (Fsp3) is 0.0909. The van der Waals surface area contributed by atoms with Crippen molar-refractivity contribution in [3.8, 4) is 0 Å². The second kappa shape index (κ2) is 5.02. The van der Waals surface area contributed by atoms with Crippen molar-refractivity contribution >= 4 is 17.4 Å². The van der Waals surface area contributed by atoms with Crippen LogP contribution in [-0.2, 0) is 0 Å². The van der Waals surface area contributed by atoms with Gasteiger partial charge in [0.1, 0.15) is 17.8 Å². The molecule has 0 atom stereocenters. The standard InChI is InChI=1S/C11H11N5O/c1-12-10-4-2-3-9(16-10)11(17)15-8-5-13-7-14-6-8/h2-7H,1H3,(H,12,16)(H,15,17). The van der Waals surface area contributed by atoms with Gasteiger partial charge in [0, 0.05) is 7.05 Å². The van der Waals surface area contributed by atoms with E-state index >= 15 is 0 Å². The Bertz CT molecular complexity index is 514. The number of aromatic nitrogens is 3. The number of anilines is 2. The van der Waals surface area contributed by atoms with Gasteiger partial charge in [0.15, 0.2) is 0 Å². The molecule has 17 heavy (non-hydrogen) atoms. The highest BCUT2D eigenvalue weighted by molar-refractivity contribution is 6.02. The third-order valence-electron chi connectivity index (χ3n) is 2.06. The number of pyridine rings is 1. The second-order valence-corrected chi connectivity index (χ2v) is 3.24. The zero-order valence-corrected chi connectivity index (χ0v) is 9.21. The van der Waals surface area contributed by atoms with Crippen LogP contribution in [0.1, 0.15) is 10.5 Å². The summed E-state index contributed by atoms with van der Waals surface area (Å²) in [6.45, 7) is 0. The van der Waals surface area contributed by atoms with Gasteiger partial charge in [-0.3, -0.25) is 4.79 Å². The predicted molar refractivity (Wildman–Crippen MR) is 63.8 cm³/mol. The van der Waals surface area contributed by atoms with E-state index in [0.29, 0.717) is 17.2 Å². The summed E-state index contributed by atoms with van der Waals surface area (Å²) >= 11 is 0. The summed E-state index contributed by atoms with van der Waals surface area (Å²) in [4.78, 5) is 23.6. The van der Waals surface area contributed by atoms with Crippen LogP contribution in [0.3, 0.4) is 0 Å². The molecule has 0 aliphatic rings. The summed E-state index contributed by atoms with van der Waals surface area (Å²) in [5, 5.41) is 5.53. The van der Waals surface area contributed by atoms with Crippen LogP contribution >= 0.6 is 0 Å². The fourth-order valence-electron chi connectivity index (χ4n) is 1.26. The van der Waals surface area contributed by atoms with Crippen molar-refractivity contribution in [2.75, 3.05) is 17.7 Å². The first kappa shape index (κ1) is 11.0. The normalized spacial score (nSPS) is 9.71. The van der Waals surface area contributed by atoms with Crippen LogP contribution in [0, 0.1) is 0 Å². The van der Waals surface area contributed by atoms with E-state index in [1.54, 1.807) is 25.2 Å². The maximum Gasteiger partial charge on any atom is 0.274 e. The van der Waals surface area contributed by atoms with Crippen LogP contribution in [0.15, 0.2) is 36.9 Å². The average molecular weight is 229 g/mol. The van der Waals surface area contributed by atoms with Crippen molar-refractivity contribution in [3.63, 3.8) is 0 Å². The zero-order chi connectivity index (χ0) is 12.1. The first-order chi connectivity index (χ1) is 8.29. The molecule has 0 bridgehead atoms. The summed E-state index contributed by atoms with van der Waals surface area (Å²) < 4.78 is 0. The van der Waals surface area contributed by atoms with E-state index in [1.807, 2.05) is 0 Å². The smallest absolute Gasteiger partial charge is 0.274 e.